The molecular formula is C22H22FN3O2S. The predicted octanol–water partition coefficient (Wildman–Crippen LogP) is 4.42. The second-order valence-electron chi connectivity index (χ2n) is 7.78. The van der Waals surface area contributed by atoms with Crippen molar-refractivity contribution >= 4 is 27.5 Å². The minimum absolute atomic E-state index is 0.129. The zero-order valence-corrected chi connectivity index (χ0v) is 17.0. The Morgan fingerprint density at radius 2 is 1.97 bits per heavy atom. The monoisotopic (exact) mass is 411 g/mol. The summed E-state index contributed by atoms with van der Waals surface area (Å²) in [5.74, 6) is 0.316. The zero-order valence-electron chi connectivity index (χ0n) is 16.2. The van der Waals surface area contributed by atoms with E-state index in [1.807, 2.05) is 29.2 Å². The van der Waals surface area contributed by atoms with Crippen molar-refractivity contribution in [2.24, 2.45) is 0 Å². The minimum atomic E-state index is -0.267. The molecule has 2 atom stereocenters. The van der Waals surface area contributed by atoms with Gasteiger partial charge in [-0.05, 0) is 31.0 Å². The third-order valence-electron chi connectivity index (χ3n) is 5.94. The number of aromatic nitrogens is 1. The van der Waals surface area contributed by atoms with E-state index in [9.17, 15) is 9.18 Å². The van der Waals surface area contributed by atoms with Gasteiger partial charge in [-0.3, -0.25) is 9.69 Å². The molecule has 0 spiro atoms. The van der Waals surface area contributed by atoms with Crippen molar-refractivity contribution in [3.8, 4) is 10.9 Å². The Hall–Kier alpha value is -2.51. The van der Waals surface area contributed by atoms with Crippen molar-refractivity contribution in [1.29, 1.82) is 0 Å². The Morgan fingerprint density at radius 3 is 2.66 bits per heavy atom. The van der Waals surface area contributed by atoms with E-state index in [-0.39, 0.29) is 11.7 Å². The number of carbonyl (C=O) groups is 1. The Morgan fingerprint density at radius 1 is 1.21 bits per heavy atom. The zero-order chi connectivity index (χ0) is 20.0. The molecular weight excluding hydrogens is 389 g/mol. The summed E-state index contributed by atoms with van der Waals surface area (Å²) >= 11 is 1.45. The summed E-state index contributed by atoms with van der Waals surface area (Å²) < 4.78 is 21.6. The van der Waals surface area contributed by atoms with Crippen LogP contribution in [-0.2, 0) is 11.3 Å². The van der Waals surface area contributed by atoms with Crippen LogP contribution in [0.1, 0.15) is 25.3 Å². The van der Waals surface area contributed by atoms with Gasteiger partial charge in [0.15, 0.2) is 0 Å². The van der Waals surface area contributed by atoms with Gasteiger partial charge in [0.2, 0.25) is 5.91 Å². The molecule has 2 aliphatic heterocycles. The SMILES string of the molecule is CC(=O)N1CC2CCC(C1)N2Cc1ccc(Oc2nc3ccccc3s2)cc1F. The first-order chi connectivity index (χ1) is 14.1. The third kappa shape index (κ3) is 3.60. The Kier molecular flexibility index (Phi) is 4.72. The number of thiazole rings is 1. The first kappa shape index (κ1) is 18.5. The molecule has 1 aromatic heterocycles. The maximum Gasteiger partial charge on any atom is 0.279 e. The van der Waals surface area contributed by atoms with Crippen LogP contribution in [0.2, 0.25) is 0 Å². The van der Waals surface area contributed by atoms with Crippen LogP contribution in [-0.4, -0.2) is 45.9 Å². The number of hydrogen-bond acceptors (Lipinski definition) is 5. The average molecular weight is 412 g/mol. The van der Waals surface area contributed by atoms with Gasteiger partial charge in [-0.25, -0.2) is 9.37 Å². The number of piperazine rings is 1. The molecule has 29 heavy (non-hydrogen) atoms. The molecule has 3 heterocycles. The quantitative estimate of drug-likeness (QED) is 0.638. The number of para-hydroxylation sites is 1. The molecule has 3 aromatic rings. The normalized spacial score (nSPS) is 21.7. The minimum Gasteiger partial charge on any atom is -0.431 e. The fourth-order valence-electron chi connectivity index (χ4n) is 4.42. The van der Waals surface area contributed by atoms with Gasteiger partial charge < -0.3 is 9.64 Å². The van der Waals surface area contributed by atoms with Crippen LogP contribution >= 0.6 is 11.3 Å². The maximum absolute atomic E-state index is 14.8. The average Bonchev–Trinajstić information content (AvgIpc) is 3.19. The lowest BCUT2D eigenvalue weighted by molar-refractivity contribution is -0.132. The van der Waals surface area contributed by atoms with E-state index >= 15 is 0 Å². The van der Waals surface area contributed by atoms with Gasteiger partial charge in [0.1, 0.15) is 11.6 Å². The van der Waals surface area contributed by atoms with E-state index in [0.29, 0.717) is 35.1 Å². The van der Waals surface area contributed by atoms with Gasteiger partial charge in [0.05, 0.1) is 10.2 Å². The molecule has 5 nitrogen and oxygen atoms in total. The summed E-state index contributed by atoms with van der Waals surface area (Å²) in [7, 11) is 0. The van der Waals surface area contributed by atoms with Crippen molar-refractivity contribution in [2.75, 3.05) is 13.1 Å². The maximum atomic E-state index is 14.8. The molecule has 0 saturated carbocycles. The van der Waals surface area contributed by atoms with Gasteiger partial charge in [0.25, 0.3) is 5.19 Å². The molecule has 0 N–H and O–H groups in total. The van der Waals surface area contributed by atoms with Crippen LogP contribution in [0.15, 0.2) is 42.5 Å². The second kappa shape index (κ2) is 7.39. The summed E-state index contributed by atoms with van der Waals surface area (Å²) in [5.41, 5.74) is 1.54. The van der Waals surface area contributed by atoms with Crippen LogP contribution in [0, 0.1) is 5.82 Å². The van der Waals surface area contributed by atoms with Gasteiger partial charge in [0, 0.05) is 50.3 Å². The summed E-state index contributed by atoms with van der Waals surface area (Å²) in [6.45, 7) is 3.67. The van der Waals surface area contributed by atoms with Crippen LogP contribution in [0.4, 0.5) is 4.39 Å². The number of nitrogens with zero attached hydrogens (tertiary/aromatic N) is 3. The van der Waals surface area contributed by atoms with Gasteiger partial charge >= 0.3 is 0 Å². The Bertz CT molecular complexity index is 1020. The molecule has 150 valence electrons. The third-order valence-corrected chi connectivity index (χ3v) is 6.85. The highest BCUT2D eigenvalue weighted by Gasteiger charge is 2.40. The van der Waals surface area contributed by atoms with Crippen LogP contribution in [0.5, 0.6) is 10.9 Å². The molecule has 2 aliphatic rings. The largest absolute Gasteiger partial charge is 0.431 e. The predicted molar refractivity (Wildman–Crippen MR) is 111 cm³/mol. The van der Waals surface area contributed by atoms with E-state index in [4.69, 9.17) is 4.74 Å². The highest BCUT2D eigenvalue weighted by molar-refractivity contribution is 7.20. The molecule has 2 bridgehead atoms. The molecule has 2 fully saturated rings. The van der Waals surface area contributed by atoms with Gasteiger partial charge in [-0.2, -0.15) is 0 Å². The molecule has 0 radical (unpaired) electrons. The number of benzene rings is 2. The van der Waals surface area contributed by atoms with Crippen molar-refractivity contribution < 1.29 is 13.9 Å². The molecule has 7 heteroatoms. The number of amides is 1. The Labute approximate surface area is 172 Å². The summed E-state index contributed by atoms with van der Waals surface area (Å²) in [4.78, 5) is 20.4. The second-order valence-corrected chi connectivity index (χ2v) is 8.78. The van der Waals surface area contributed by atoms with E-state index in [2.05, 4.69) is 9.88 Å². The number of halogens is 1. The van der Waals surface area contributed by atoms with E-state index in [1.54, 1.807) is 19.1 Å². The lowest BCUT2D eigenvalue weighted by atomic mass is 10.1. The van der Waals surface area contributed by atoms with Gasteiger partial charge in [-0.1, -0.05) is 29.5 Å². The van der Waals surface area contributed by atoms with Crippen molar-refractivity contribution in [3.63, 3.8) is 0 Å². The van der Waals surface area contributed by atoms with Crippen molar-refractivity contribution in [3.05, 3.63) is 53.8 Å². The van der Waals surface area contributed by atoms with Crippen LogP contribution < -0.4 is 4.74 Å². The molecule has 1 amide bonds. The molecule has 2 aromatic carbocycles. The highest BCUT2D eigenvalue weighted by atomic mass is 32.1. The number of fused-ring (bicyclic) bond motifs is 3. The van der Waals surface area contributed by atoms with Crippen molar-refractivity contribution in [2.45, 2.75) is 38.4 Å². The number of rotatable bonds is 4. The Balaban J connectivity index is 1.29. The molecule has 2 saturated heterocycles. The summed E-state index contributed by atoms with van der Waals surface area (Å²) in [5, 5.41) is 0.511. The van der Waals surface area contributed by atoms with Gasteiger partial charge in [-0.15, -0.1) is 0 Å². The van der Waals surface area contributed by atoms with Crippen molar-refractivity contribution in [1.82, 2.24) is 14.8 Å². The fraction of sp³-hybridized carbons (Fsp3) is 0.364. The molecule has 2 unspecified atom stereocenters. The lowest BCUT2D eigenvalue weighted by Crippen LogP contribution is -2.54. The topological polar surface area (TPSA) is 45.7 Å². The number of ether oxygens (including phenoxy) is 1. The number of carbonyl (C=O) groups excluding carboxylic acids is 1. The van der Waals surface area contributed by atoms with E-state index in [1.165, 1.54) is 17.4 Å². The summed E-state index contributed by atoms with van der Waals surface area (Å²) in [6.07, 6.45) is 2.13. The number of likely N-dealkylation sites (tertiary alicyclic amines) is 1. The molecule has 0 aliphatic carbocycles. The van der Waals surface area contributed by atoms with E-state index in [0.717, 1.165) is 36.1 Å². The fourth-order valence-corrected chi connectivity index (χ4v) is 5.25. The smallest absolute Gasteiger partial charge is 0.279 e. The first-order valence-electron chi connectivity index (χ1n) is 9.90. The van der Waals surface area contributed by atoms with Crippen LogP contribution in [0.25, 0.3) is 10.2 Å². The molecule has 5 rings (SSSR count). The standard InChI is InChI=1S/C22H22FN3O2S/c1-14(27)25-12-16-7-8-17(13-25)26(16)11-15-6-9-18(10-19(15)23)28-22-24-20-4-2-3-5-21(20)29-22/h2-6,9-10,16-17H,7-8,11-13H2,1H3. The van der Waals surface area contributed by atoms with E-state index < -0.39 is 0 Å². The number of hydrogen-bond donors (Lipinski definition) is 0. The highest BCUT2D eigenvalue weighted by Crippen LogP contribution is 2.34. The lowest BCUT2D eigenvalue weighted by Gasteiger charge is -2.40. The summed E-state index contributed by atoms with van der Waals surface area (Å²) in [6, 6.07) is 13.5. The first-order valence-corrected chi connectivity index (χ1v) is 10.7. The van der Waals surface area contributed by atoms with Crippen LogP contribution in [0.3, 0.4) is 0 Å².